The van der Waals surface area contributed by atoms with E-state index in [0.29, 0.717) is 17.6 Å². The topological polar surface area (TPSA) is 114 Å². The van der Waals surface area contributed by atoms with Crippen LogP contribution in [-0.2, 0) is 13.5 Å². The lowest BCUT2D eigenvalue weighted by Gasteiger charge is -2.10. The molecule has 2 aromatic carbocycles. The van der Waals surface area contributed by atoms with Crippen molar-refractivity contribution >= 4 is 23.1 Å². The first-order valence-corrected chi connectivity index (χ1v) is 12.2. The van der Waals surface area contributed by atoms with Gasteiger partial charge in [0.15, 0.2) is 0 Å². The molecule has 1 aliphatic carbocycles. The molecule has 0 radical (unpaired) electrons. The number of benzene rings is 2. The Morgan fingerprint density at radius 2 is 1.95 bits per heavy atom. The van der Waals surface area contributed by atoms with E-state index in [1.54, 1.807) is 21.5 Å². The summed E-state index contributed by atoms with van der Waals surface area (Å²) in [5.74, 6) is -1.77. The lowest BCUT2D eigenvalue weighted by Crippen LogP contribution is -2.20. The number of fused-ring (bicyclic) bond motifs is 2. The predicted octanol–water partition coefficient (Wildman–Crippen LogP) is 4.03. The molecule has 3 aromatic heterocycles. The molecule has 39 heavy (non-hydrogen) atoms. The van der Waals surface area contributed by atoms with E-state index in [9.17, 15) is 19.1 Å². The van der Waals surface area contributed by atoms with Gasteiger partial charge in [0.1, 0.15) is 23.3 Å². The number of carbonyl (C=O) groups excluding carboxylic acids is 2. The fraction of sp³-hybridized carbons (Fsp3) is 0.103. The molecule has 0 bridgehead atoms. The van der Waals surface area contributed by atoms with Crippen LogP contribution in [0.1, 0.15) is 38.1 Å². The second kappa shape index (κ2) is 9.66. The zero-order chi connectivity index (χ0) is 27.1. The first-order chi connectivity index (χ1) is 18.9. The number of aliphatic hydroxyl groups is 1. The molecule has 0 spiro atoms. The second-order valence-corrected chi connectivity index (χ2v) is 9.25. The highest BCUT2D eigenvalue weighted by atomic mass is 19.1. The summed E-state index contributed by atoms with van der Waals surface area (Å²) in [6, 6.07) is 16.8. The molecule has 0 saturated heterocycles. The minimum absolute atomic E-state index is 0.143. The maximum absolute atomic E-state index is 14.6. The Hall–Kier alpha value is -5.09. The minimum Gasteiger partial charge on any atom is -0.384 e. The average Bonchev–Trinajstić information content (AvgIpc) is 3.65. The van der Waals surface area contributed by atoms with Crippen LogP contribution in [0.4, 0.5) is 10.1 Å². The highest BCUT2D eigenvalue weighted by Gasteiger charge is 2.25. The molecule has 3 N–H and O–H groups in total. The highest BCUT2D eigenvalue weighted by Crippen LogP contribution is 2.34. The Morgan fingerprint density at radius 3 is 2.74 bits per heavy atom. The van der Waals surface area contributed by atoms with Crippen LogP contribution in [0.5, 0.6) is 0 Å². The Bertz CT molecular complexity index is 1790. The molecule has 0 aliphatic heterocycles. The number of anilines is 1. The van der Waals surface area contributed by atoms with Crippen LogP contribution in [0, 0.1) is 5.82 Å². The van der Waals surface area contributed by atoms with Gasteiger partial charge >= 0.3 is 0 Å². The quantitative estimate of drug-likeness (QED) is 0.323. The standard InChI is InChI=1S/C29H23FN6O3/c1-35-24(8-10-33-35)18-9-11-36-25(16-31-26(36)14-18)29(39)34-23-13-19(6-7-22(23)30)28(38)32-15-20-12-17-4-2-3-5-21(17)27(20)37/h2-11,13-16,27,37H,12H2,1H3,(H,32,38)(H,34,39)/b20-15+. The van der Waals surface area contributed by atoms with Gasteiger partial charge in [-0.2, -0.15) is 5.10 Å². The van der Waals surface area contributed by atoms with E-state index in [2.05, 4.69) is 20.7 Å². The van der Waals surface area contributed by atoms with Crippen LogP contribution in [0.15, 0.2) is 91.0 Å². The lowest BCUT2D eigenvalue weighted by molar-refractivity contribution is 0.0967. The summed E-state index contributed by atoms with van der Waals surface area (Å²) in [7, 11) is 1.83. The minimum atomic E-state index is -0.796. The van der Waals surface area contributed by atoms with Crippen LogP contribution < -0.4 is 10.6 Å². The van der Waals surface area contributed by atoms with Crippen molar-refractivity contribution in [3.05, 3.63) is 119 Å². The van der Waals surface area contributed by atoms with Crippen molar-refractivity contribution in [2.24, 2.45) is 7.05 Å². The Kier molecular flexibility index (Phi) is 6.01. The third kappa shape index (κ3) is 4.47. The van der Waals surface area contributed by atoms with Gasteiger partial charge in [-0.3, -0.25) is 18.7 Å². The van der Waals surface area contributed by atoms with Gasteiger partial charge in [0, 0.05) is 36.8 Å². The van der Waals surface area contributed by atoms with E-state index in [-0.39, 0.29) is 16.9 Å². The first-order valence-electron chi connectivity index (χ1n) is 12.2. The van der Waals surface area contributed by atoms with Crippen molar-refractivity contribution < 1.29 is 19.1 Å². The van der Waals surface area contributed by atoms with Crippen molar-refractivity contribution in [3.63, 3.8) is 0 Å². The summed E-state index contributed by atoms with van der Waals surface area (Å²) in [6.45, 7) is 0. The monoisotopic (exact) mass is 522 g/mol. The van der Waals surface area contributed by atoms with Gasteiger partial charge in [-0.1, -0.05) is 24.3 Å². The normalized spacial score (nSPS) is 15.5. The summed E-state index contributed by atoms with van der Waals surface area (Å²) in [4.78, 5) is 30.2. The van der Waals surface area contributed by atoms with Crippen molar-refractivity contribution in [1.29, 1.82) is 0 Å². The first kappa shape index (κ1) is 24.3. The molecule has 6 rings (SSSR count). The number of imidazole rings is 1. The number of hydrogen-bond acceptors (Lipinski definition) is 5. The maximum Gasteiger partial charge on any atom is 0.274 e. The second-order valence-electron chi connectivity index (χ2n) is 9.25. The maximum atomic E-state index is 14.6. The van der Waals surface area contributed by atoms with E-state index >= 15 is 0 Å². The number of pyridine rings is 1. The number of aromatic nitrogens is 4. The summed E-state index contributed by atoms with van der Waals surface area (Å²) in [6.07, 6.45) is 6.01. The molecule has 10 heteroatoms. The number of amides is 2. The zero-order valence-corrected chi connectivity index (χ0v) is 20.8. The number of aryl methyl sites for hydroxylation is 1. The van der Waals surface area contributed by atoms with Gasteiger partial charge in [-0.15, -0.1) is 0 Å². The molecule has 1 aliphatic rings. The number of halogens is 1. The number of rotatable bonds is 5. The number of hydrogen-bond donors (Lipinski definition) is 3. The highest BCUT2D eigenvalue weighted by molar-refractivity contribution is 6.04. The summed E-state index contributed by atoms with van der Waals surface area (Å²) < 4.78 is 17.9. The molecule has 1 atom stereocenters. The van der Waals surface area contributed by atoms with E-state index in [1.165, 1.54) is 24.5 Å². The summed E-state index contributed by atoms with van der Waals surface area (Å²) in [5, 5.41) is 19.9. The Balaban J connectivity index is 1.19. The largest absolute Gasteiger partial charge is 0.384 e. The molecule has 9 nitrogen and oxygen atoms in total. The molecule has 5 aromatic rings. The fourth-order valence-electron chi connectivity index (χ4n) is 4.76. The van der Waals surface area contributed by atoms with E-state index < -0.39 is 23.7 Å². The molecular weight excluding hydrogens is 499 g/mol. The van der Waals surface area contributed by atoms with Crippen molar-refractivity contribution in [1.82, 2.24) is 24.5 Å². The van der Waals surface area contributed by atoms with Gasteiger partial charge in [0.25, 0.3) is 11.8 Å². The molecule has 0 fully saturated rings. The van der Waals surface area contributed by atoms with Gasteiger partial charge in [0.05, 0.1) is 17.6 Å². The third-order valence-electron chi connectivity index (χ3n) is 6.82. The average molecular weight is 523 g/mol. The van der Waals surface area contributed by atoms with Gasteiger partial charge < -0.3 is 15.7 Å². The SMILES string of the molecule is Cn1nccc1-c1ccn2c(C(=O)Nc3cc(C(=O)N/C=C4\Cc5ccccc5C4O)ccc3F)cnc2c1. The van der Waals surface area contributed by atoms with Crippen LogP contribution in [-0.4, -0.2) is 36.1 Å². The van der Waals surface area contributed by atoms with Gasteiger partial charge in [-0.25, -0.2) is 9.37 Å². The number of aliphatic hydroxyl groups excluding tert-OH is 1. The molecule has 194 valence electrons. The molecular formula is C29H23FN6O3. The Morgan fingerprint density at radius 1 is 1.10 bits per heavy atom. The van der Waals surface area contributed by atoms with E-state index in [1.807, 2.05) is 49.5 Å². The lowest BCUT2D eigenvalue weighted by atomic mass is 10.1. The molecule has 0 saturated carbocycles. The summed E-state index contributed by atoms with van der Waals surface area (Å²) in [5.41, 5.74) is 4.98. The molecule has 2 amide bonds. The number of carbonyl (C=O) groups is 2. The van der Waals surface area contributed by atoms with E-state index in [0.717, 1.165) is 28.5 Å². The molecule has 1 unspecified atom stereocenters. The van der Waals surface area contributed by atoms with Crippen molar-refractivity contribution in [2.45, 2.75) is 12.5 Å². The van der Waals surface area contributed by atoms with Crippen LogP contribution in [0.2, 0.25) is 0 Å². The Labute approximate surface area is 222 Å². The third-order valence-corrected chi connectivity index (χ3v) is 6.82. The van der Waals surface area contributed by atoms with Gasteiger partial charge in [0.2, 0.25) is 0 Å². The summed E-state index contributed by atoms with van der Waals surface area (Å²) >= 11 is 0. The smallest absolute Gasteiger partial charge is 0.274 e. The zero-order valence-electron chi connectivity index (χ0n) is 20.8. The van der Waals surface area contributed by atoms with Crippen molar-refractivity contribution in [2.75, 3.05) is 5.32 Å². The number of nitrogens with zero attached hydrogens (tertiary/aromatic N) is 4. The van der Waals surface area contributed by atoms with Crippen LogP contribution >= 0.6 is 0 Å². The van der Waals surface area contributed by atoms with Crippen LogP contribution in [0.25, 0.3) is 16.9 Å². The fourth-order valence-corrected chi connectivity index (χ4v) is 4.76. The van der Waals surface area contributed by atoms with Crippen molar-refractivity contribution in [3.8, 4) is 11.3 Å². The van der Waals surface area contributed by atoms with E-state index in [4.69, 9.17) is 0 Å². The van der Waals surface area contributed by atoms with Crippen LogP contribution in [0.3, 0.4) is 0 Å². The predicted molar refractivity (Wildman–Crippen MR) is 142 cm³/mol. The molecule has 3 heterocycles. The van der Waals surface area contributed by atoms with Gasteiger partial charge in [-0.05, 0) is 59.5 Å². The number of nitrogens with one attached hydrogen (secondary N) is 2.